The van der Waals surface area contributed by atoms with Crippen LogP contribution >= 0.6 is 0 Å². The van der Waals surface area contributed by atoms with Gasteiger partial charge in [0.1, 0.15) is 12.6 Å². The number of H-pyrrole nitrogens is 1. The molecule has 7 nitrogen and oxygen atoms in total. The van der Waals surface area contributed by atoms with Crippen molar-refractivity contribution < 1.29 is 14.3 Å². The van der Waals surface area contributed by atoms with Crippen molar-refractivity contribution in [3.8, 4) is 0 Å². The van der Waals surface area contributed by atoms with Crippen molar-refractivity contribution in [1.82, 2.24) is 15.3 Å². The molecular formula is C24H22N4O3. The molecule has 0 aliphatic carbocycles. The summed E-state index contributed by atoms with van der Waals surface area (Å²) in [5, 5.41) is 6.53. The van der Waals surface area contributed by atoms with Crippen LogP contribution in [0.5, 0.6) is 0 Å². The molecule has 0 aliphatic rings. The van der Waals surface area contributed by atoms with Gasteiger partial charge in [0.2, 0.25) is 5.91 Å². The number of para-hydroxylation sites is 1. The lowest BCUT2D eigenvalue weighted by Crippen LogP contribution is -2.45. The lowest BCUT2D eigenvalue weighted by Gasteiger charge is -2.18. The first-order valence-electron chi connectivity index (χ1n) is 9.92. The van der Waals surface area contributed by atoms with Gasteiger partial charge < -0.3 is 20.4 Å². The van der Waals surface area contributed by atoms with Gasteiger partial charge in [-0.3, -0.25) is 9.78 Å². The zero-order chi connectivity index (χ0) is 21.5. The van der Waals surface area contributed by atoms with Gasteiger partial charge in [0, 0.05) is 41.6 Å². The van der Waals surface area contributed by atoms with Gasteiger partial charge in [0.25, 0.3) is 0 Å². The third kappa shape index (κ3) is 5.27. The van der Waals surface area contributed by atoms with E-state index in [1.54, 1.807) is 24.5 Å². The van der Waals surface area contributed by atoms with Crippen LogP contribution in [0.25, 0.3) is 10.9 Å². The Morgan fingerprint density at radius 2 is 1.71 bits per heavy atom. The molecule has 0 saturated carbocycles. The summed E-state index contributed by atoms with van der Waals surface area (Å²) in [4.78, 5) is 32.6. The van der Waals surface area contributed by atoms with Crippen LogP contribution in [0.1, 0.15) is 11.1 Å². The molecule has 156 valence electrons. The Labute approximate surface area is 179 Å². The van der Waals surface area contributed by atoms with E-state index in [0.717, 1.165) is 22.0 Å². The summed E-state index contributed by atoms with van der Waals surface area (Å²) in [6.07, 6.45) is 4.69. The quantitative estimate of drug-likeness (QED) is 0.425. The van der Waals surface area contributed by atoms with Crippen LogP contribution < -0.4 is 10.6 Å². The average Bonchev–Trinajstić information content (AvgIpc) is 3.21. The second kappa shape index (κ2) is 9.58. The fourth-order valence-electron chi connectivity index (χ4n) is 3.30. The van der Waals surface area contributed by atoms with Crippen LogP contribution in [0, 0.1) is 0 Å². The minimum Gasteiger partial charge on any atom is -0.445 e. The van der Waals surface area contributed by atoms with Gasteiger partial charge in [-0.2, -0.15) is 0 Å². The van der Waals surface area contributed by atoms with E-state index >= 15 is 0 Å². The number of hydrogen-bond donors (Lipinski definition) is 3. The zero-order valence-corrected chi connectivity index (χ0v) is 16.7. The largest absolute Gasteiger partial charge is 0.445 e. The Morgan fingerprint density at radius 1 is 0.968 bits per heavy atom. The summed E-state index contributed by atoms with van der Waals surface area (Å²) in [5.74, 6) is -0.340. The Bertz CT molecular complexity index is 1160. The third-order valence-corrected chi connectivity index (χ3v) is 4.87. The molecule has 2 amide bonds. The number of pyridine rings is 1. The number of ether oxygens (including phenoxy) is 1. The molecule has 7 heteroatoms. The van der Waals surface area contributed by atoms with E-state index in [-0.39, 0.29) is 12.5 Å². The number of fused-ring (bicyclic) bond motifs is 1. The van der Waals surface area contributed by atoms with Crippen LogP contribution in [-0.4, -0.2) is 28.0 Å². The van der Waals surface area contributed by atoms with Crippen molar-refractivity contribution in [3.05, 3.63) is 96.4 Å². The maximum atomic E-state index is 13.0. The number of aromatic amines is 1. The van der Waals surface area contributed by atoms with E-state index in [9.17, 15) is 9.59 Å². The van der Waals surface area contributed by atoms with Crippen molar-refractivity contribution in [1.29, 1.82) is 0 Å². The molecule has 2 aromatic carbocycles. The Kier molecular flexibility index (Phi) is 6.23. The number of alkyl carbamates (subject to hydrolysis) is 1. The Hall–Kier alpha value is -4.13. The number of anilines is 1. The van der Waals surface area contributed by atoms with Crippen molar-refractivity contribution >= 4 is 28.6 Å². The van der Waals surface area contributed by atoms with E-state index in [1.165, 1.54) is 0 Å². The predicted molar refractivity (Wildman–Crippen MR) is 118 cm³/mol. The van der Waals surface area contributed by atoms with E-state index < -0.39 is 12.1 Å². The second-order valence-electron chi connectivity index (χ2n) is 7.05. The van der Waals surface area contributed by atoms with Gasteiger partial charge in [0.05, 0.1) is 0 Å². The third-order valence-electron chi connectivity index (χ3n) is 4.87. The molecular weight excluding hydrogens is 392 g/mol. The maximum Gasteiger partial charge on any atom is 0.408 e. The molecule has 4 aromatic rings. The minimum absolute atomic E-state index is 0.123. The summed E-state index contributed by atoms with van der Waals surface area (Å²) in [6.45, 7) is 0.123. The number of nitrogens with zero attached hydrogens (tertiary/aromatic N) is 1. The first-order chi connectivity index (χ1) is 15.2. The minimum atomic E-state index is -0.823. The van der Waals surface area contributed by atoms with Crippen LogP contribution in [0.3, 0.4) is 0 Å². The smallest absolute Gasteiger partial charge is 0.408 e. The maximum absolute atomic E-state index is 13.0. The van der Waals surface area contributed by atoms with Gasteiger partial charge in [-0.05, 0) is 29.3 Å². The van der Waals surface area contributed by atoms with E-state index in [4.69, 9.17) is 4.74 Å². The number of benzene rings is 2. The zero-order valence-electron chi connectivity index (χ0n) is 16.7. The number of carbonyl (C=O) groups excluding carboxylic acids is 2. The number of rotatable bonds is 7. The van der Waals surface area contributed by atoms with Crippen LogP contribution in [-0.2, 0) is 22.6 Å². The highest BCUT2D eigenvalue weighted by atomic mass is 16.5. The lowest BCUT2D eigenvalue weighted by molar-refractivity contribution is -0.118. The highest BCUT2D eigenvalue weighted by molar-refractivity contribution is 5.97. The summed E-state index contributed by atoms with van der Waals surface area (Å²) in [7, 11) is 0. The number of hydrogen-bond acceptors (Lipinski definition) is 4. The topological polar surface area (TPSA) is 96.1 Å². The summed E-state index contributed by atoms with van der Waals surface area (Å²) in [5.41, 5.74) is 3.36. The molecule has 0 unspecified atom stereocenters. The highest BCUT2D eigenvalue weighted by Gasteiger charge is 2.23. The number of amides is 2. The molecule has 0 fully saturated rings. The van der Waals surface area contributed by atoms with Crippen molar-refractivity contribution in [2.24, 2.45) is 0 Å². The summed E-state index contributed by atoms with van der Waals surface area (Å²) >= 11 is 0. The van der Waals surface area contributed by atoms with Gasteiger partial charge in [-0.15, -0.1) is 0 Å². The Morgan fingerprint density at radius 3 is 2.52 bits per heavy atom. The van der Waals surface area contributed by atoms with Crippen LogP contribution in [0.2, 0.25) is 0 Å². The molecule has 0 aliphatic heterocycles. The van der Waals surface area contributed by atoms with Gasteiger partial charge in [-0.25, -0.2) is 4.79 Å². The molecule has 2 aromatic heterocycles. The molecule has 3 N–H and O–H groups in total. The number of aromatic nitrogens is 2. The Balaban J connectivity index is 1.48. The fourth-order valence-corrected chi connectivity index (χ4v) is 3.30. The second-order valence-corrected chi connectivity index (χ2v) is 7.05. The fraction of sp³-hybridized carbons (Fsp3) is 0.125. The standard InChI is InChI=1S/C24H22N4O3/c29-23(27-19-10-12-25-13-11-19)22(14-18-15-26-21-9-5-4-8-20(18)21)28-24(30)31-16-17-6-2-1-3-7-17/h1-13,15,22,26H,14,16H2,(H,28,30)(H,25,27,29)/t22-/m0/s1. The first kappa shape index (κ1) is 20.2. The van der Waals surface area contributed by atoms with E-state index in [2.05, 4.69) is 20.6 Å². The van der Waals surface area contributed by atoms with Crippen molar-refractivity contribution in [3.63, 3.8) is 0 Å². The van der Waals surface area contributed by atoms with Crippen molar-refractivity contribution in [2.45, 2.75) is 19.1 Å². The molecule has 1 atom stereocenters. The monoisotopic (exact) mass is 414 g/mol. The molecule has 31 heavy (non-hydrogen) atoms. The molecule has 0 spiro atoms. The molecule has 2 heterocycles. The normalized spacial score (nSPS) is 11.6. The highest BCUT2D eigenvalue weighted by Crippen LogP contribution is 2.19. The lowest BCUT2D eigenvalue weighted by atomic mass is 10.0. The summed E-state index contributed by atoms with van der Waals surface area (Å²) < 4.78 is 5.32. The van der Waals surface area contributed by atoms with Gasteiger partial charge >= 0.3 is 6.09 Å². The first-order valence-corrected chi connectivity index (χ1v) is 9.92. The molecule has 0 radical (unpaired) electrons. The van der Waals surface area contributed by atoms with Gasteiger partial charge in [0.15, 0.2) is 0 Å². The van der Waals surface area contributed by atoms with Gasteiger partial charge in [-0.1, -0.05) is 48.5 Å². The van der Waals surface area contributed by atoms with E-state index in [1.807, 2.05) is 60.8 Å². The van der Waals surface area contributed by atoms with Crippen molar-refractivity contribution in [2.75, 3.05) is 5.32 Å². The number of nitrogens with one attached hydrogen (secondary N) is 3. The van der Waals surface area contributed by atoms with E-state index in [0.29, 0.717) is 12.1 Å². The predicted octanol–water partition coefficient (Wildman–Crippen LogP) is 4.04. The van der Waals surface area contributed by atoms with Crippen LogP contribution in [0.4, 0.5) is 10.5 Å². The molecule has 4 rings (SSSR count). The molecule has 0 bridgehead atoms. The van der Waals surface area contributed by atoms with Crippen LogP contribution in [0.15, 0.2) is 85.3 Å². The average molecular weight is 414 g/mol. The number of carbonyl (C=O) groups is 2. The SMILES string of the molecule is O=C(N[C@@H](Cc1c[nH]c2ccccc12)C(=O)Nc1ccncc1)OCc1ccccc1. The molecule has 0 saturated heterocycles. The summed E-state index contributed by atoms with van der Waals surface area (Å²) in [6, 6.07) is 19.8.